The highest BCUT2D eigenvalue weighted by molar-refractivity contribution is 5.85. The Morgan fingerprint density at radius 1 is 1.54 bits per heavy atom. The molecule has 0 atom stereocenters. The van der Waals surface area contributed by atoms with Gasteiger partial charge in [-0.3, -0.25) is 9.78 Å². The quantitative estimate of drug-likeness (QED) is 0.788. The summed E-state index contributed by atoms with van der Waals surface area (Å²) in [5.41, 5.74) is 0.228. The summed E-state index contributed by atoms with van der Waals surface area (Å²) < 4.78 is 0. The van der Waals surface area contributed by atoms with Crippen LogP contribution in [0.2, 0.25) is 0 Å². The Morgan fingerprint density at radius 2 is 2.23 bits per heavy atom. The van der Waals surface area contributed by atoms with Crippen molar-refractivity contribution in [1.29, 1.82) is 0 Å². The first-order valence-electron chi connectivity index (χ1n) is 3.90. The number of nitrogens with zero attached hydrogens (tertiary/aromatic N) is 1. The summed E-state index contributed by atoms with van der Waals surface area (Å²) in [6.07, 6.45) is 4.78. The molecule has 0 saturated heterocycles. The summed E-state index contributed by atoms with van der Waals surface area (Å²) in [5.74, 6) is -0.726. The van der Waals surface area contributed by atoms with Crippen LogP contribution < -0.4 is 0 Å². The molecule has 1 N–H and O–H groups in total. The highest BCUT2D eigenvalue weighted by Gasteiger charge is 2.51. The van der Waals surface area contributed by atoms with E-state index in [9.17, 15) is 4.79 Å². The molecule has 0 aliphatic heterocycles. The largest absolute Gasteiger partial charge is 0.481 e. The molecule has 0 unspecified atom stereocenters. The maximum Gasteiger partial charge on any atom is 0.314 e. The van der Waals surface area contributed by atoms with Crippen LogP contribution in [-0.2, 0) is 10.2 Å². The van der Waals surface area contributed by atoms with E-state index in [1.54, 1.807) is 18.5 Å². The van der Waals surface area contributed by atoms with Gasteiger partial charge in [-0.05, 0) is 24.5 Å². The molecule has 1 aromatic heterocycles. The van der Waals surface area contributed by atoms with Crippen molar-refractivity contribution in [3.05, 3.63) is 30.1 Å². The smallest absolute Gasteiger partial charge is 0.314 e. The van der Waals surface area contributed by atoms with Crippen LogP contribution in [0.3, 0.4) is 0 Å². The van der Waals surface area contributed by atoms with E-state index in [-0.39, 0.29) is 12.4 Å². The van der Waals surface area contributed by atoms with Crippen LogP contribution in [0.1, 0.15) is 18.4 Å². The molecule has 0 spiro atoms. The van der Waals surface area contributed by atoms with Crippen molar-refractivity contribution in [2.45, 2.75) is 18.3 Å². The molecule has 0 amide bonds. The maximum absolute atomic E-state index is 10.9. The van der Waals surface area contributed by atoms with E-state index in [0.717, 1.165) is 18.4 Å². The minimum Gasteiger partial charge on any atom is -0.481 e. The van der Waals surface area contributed by atoms with Crippen molar-refractivity contribution in [2.24, 2.45) is 0 Å². The lowest BCUT2D eigenvalue weighted by Gasteiger charge is -2.07. The predicted molar refractivity (Wildman–Crippen MR) is 50.0 cm³/mol. The summed E-state index contributed by atoms with van der Waals surface area (Å²) in [4.78, 5) is 14.8. The minimum atomic E-state index is -0.726. The number of rotatable bonds is 2. The highest BCUT2D eigenvalue weighted by atomic mass is 35.5. The van der Waals surface area contributed by atoms with Crippen LogP contribution in [0.25, 0.3) is 0 Å². The van der Waals surface area contributed by atoms with E-state index in [1.165, 1.54) is 0 Å². The molecule has 1 heterocycles. The van der Waals surface area contributed by atoms with Crippen molar-refractivity contribution in [1.82, 2.24) is 4.98 Å². The molecule has 1 aromatic rings. The van der Waals surface area contributed by atoms with E-state index < -0.39 is 11.4 Å². The van der Waals surface area contributed by atoms with Crippen LogP contribution in [-0.4, -0.2) is 16.1 Å². The van der Waals surface area contributed by atoms with Crippen molar-refractivity contribution in [3.63, 3.8) is 0 Å². The van der Waals surface area contributed by atoms with Crippen LogP contribution >= 0.6 is 12.4 Å². The van der Waals surface area contributed by atoms with Gasteiger partial charge in [0.2, 0.25) is 0 Å². The number of hydrogen-bond acceptors (Lipinski definition) is 2. The van der Waals surface area contributed by atoms with Gasteiger partial charge in [-0.25, -0.2) is 0 Å². The van der Waals surface area contributed by atoms with Crippen LogP contribution in [0.4, 0.5) is 0 Å². The molecule has 1 aliphatic rings. The molecule has 1 aliphatic carbocycles. The average Bonchev–Trinajstić information content (AvgIpc) is 2.86. The number of carboxylic acid groups (broad SMARTS) is 1. The van der Waals surface area contributed by atoms with E-state index in [0.29, 0.717) is 0 Å². The number of hydrogen-bond donors (Lipinski definition) is 1. The second-order valence-electron chi connectivity index (χ2n) is 3.13. The van der Waals surface area contributed by atoms with Gasteiger partial charge in [0, 0.05) is 12.4 Å². The van der Waals surface area contributed by atoms with Gasteiger partial charge in [0.1, 0.15) is 0 Å². The Labute approximate surface area is 82.2 Å². The summed E-state index contributed by atoms with van der Waals surface area (Å²) in [6.45, 7) is 0. The molecule has 2 rings (SSSR count). The van der Waals surface area contributed by atoms with Gasteiger partial charge < -0.3 is 5.11 Å². The fraction of sp³-hybridized carbons (Fsp3) is 0.333. The van der Waals surface area contributed by atoms with E-state index in [2.05, 4.69) is 4.98 Å². The highest BCUT2D eigenvalue weighted by Crippen LogP contribution is 2.47. The fourth-order valence-electron chi connectivity index (χ4n) is 1.40. The lowest BCUT2D eigenvalue weighted by molar-refractivity contribution is -0.140. The topological polar surface area (TPSA) is 50.2 Å². The molecule has 1 saturated carbocycles. The molecule has 1 fully saturated rings. The fourth-order valence-corrected chi connectivity index (χ4v) is 1.40. The molecule has 0 radical (unpaired) electrons. The monoisotopic (exact) mass is 199 g/mol. The minimum absolute atomic E-state index is 0. The Morgan fingerprint density at radius 3 is 2.62 bits per heavy atom. The van der Waals surface area contributed by atoms with Gasteiger partial charge in [0.05, 0.1) is 5.41 Å². The first kappa shape index (κ1) is 9.99. The van der Waals surface area contributed by atoms with Gasteiger partial charge in [-0.15, -0.1) is 12.4 Å². The molecule has 13 heavy (non-hydrogen) atoms. The van der Waals surface area contributed by atoms with Crippen molar-refractivity contribution >= 4 is 18.4 Å². The number of carboxylic acids is 1. The van der Waals surface area contributed by atoms with Gasteiger partial charge in [0.15, 0.2) is 0 Å². The standard InChI is InChI=1S/C9H9NO2.ClH/c11-8(12)9(3-4-9)7-2-1-5-10-6-7;/h1-2,5-6H,3-4H2,(H,11,12);1H. The first-order valence-corrected chi connectivity index (χ1v) is 3.90. The Bertz CT molecular complexity index is 309. The third-order valence-electron chi connectivity index (χ3n) is 2.37. The summed E-state index contributed by atoms with van der Waals surface area (Å²) in [7, 11) is 0. The lowest BCUT2D eigenvalue weighted by Crippen LogP contribution is -2.19. The van der Waals surface area contributed by atoms with Crippen LogP contribution in [0.15, 0.2) is 24.5 Å². The SMILES string of the molecule is Cl.O=C(O)C1(c2cccnc2)CC1. The Balaban J connectivity index is 0.000000845. The average molecular weight is 200 g/mol. The van der Waals surface area contributed by atoms with E-state index >= 15 is 0 Å². The number of aliphatic carboxylic acids is 1. The van der Waals surface area contributed by atoms with Crippen molar-refractivity contribution < 1.29 is 9.90 Å². The molecular weight excluding hydrogens is 190 g/mol. The number of pyridine rings is 1. The molecular formula is C9H10ClNO2. The second-order valence-corrected chi connectivity index (χ2v) is 3.13. The van der Waals surface area contributed by atoms with Gasteiger partial charge in [0.25, 0.3) is 0 Å². The third-order valence-corrected chi connectivity index (χ3v) is 2.37. The zero-order chi connectivity index (χ0) is 8.60. The number of halogens is 1. The third kappa shape index (κ3) is 1.52. The Kier molecular flexibility index (Phi) is 2.57. The zero-order valence-corrected chi connectivity index (χ0v) is 7.75. The second kappa shape index (κ2) is 3.34. The summed E-state index contributed by atoms with van der Waals surface area (Å²) >= 11 is 0. The van der Waals surface area contributed by atoms with Crippen molar-refractivity contribution in [2.75, 3.05) is 0 Å². The van der Waals surface area contributed by atoms with Gasteiger partial charge in [-0.2, -0.15) is 0 Å². The van der Waals surface area contributed by atoms with Gasteiger partial charge >= 0.3 is 5.97 Å². The van der Waals surface area contributed by atoms with Crippen molar-refractivity contribution in [3.8, 4) is 0 Å². The Hall–Kier alpha value is -1.09. The molecule has 0 aromatic carbocycles. The molecule has 70 valence electrons. The normalized spacial score (nSPS) is 17.2. The van der Waals surface area contributed by atoms with Gasteiger partial charge in [-0.1, -0.05) is 6.07 Å². The number of aromatic nitrogens is 1. The summed E-state index contributed by atoms with van der Waals surface area (Å²) in [6, 6.07) is 3.60. The lowest BCUT2D eigenvalue weighted by atomic mass is 9.98. The van der Waals surface area contributed by atoms with Crippen LogP contribution in [0, 0.1) is 0 Å². The van der Waals surface area contributed by atoms with E-state index in [4.69, 9.17) is 5.11 Å². The van der Waals surface area contributed by atoms with Crippen LogP contribution in [0.5, 0.6) is 0 Å². The predicted octanol–water partition coefficient (Wildman–Crippen LogP) is 1.62. The maximum atomic E-state index is 10.9. The molecule has 3 nitrogen and oxygen atoms in total. The zero-order valence-electron chi connectivity index (χ0n) is 6.93. The molecule has 4 heteroatoms. The number of carbonyl (C=O) groups is 1. The first-order chi connectivity index (χ1) is 5.76. The molecule has 0 bridgehead atoms. The summed E-state index contributed by atoms with van der Waals surface area (Å²) in [5, 5.41) is 8.93. The van der Waals surface area contributed by atoms with E-state index in [1.807, 2.05) is 6.07 Å².